The van der Waals surface area contributed by atoms with Gasteiger partial charge in [-0.1, -0.05) is 20.3 Å². The van der Waals surface area contributed by atoms with Crippen LogP contribution in [0.3, 0.4) is 0 Å². The molecule has 0 aliphatic rings. The smallest absolute Gasteiger partial charge is 0.339 e. The van der Waals surface area contributed by atoms with Crippen LogP contribution in [0.1, 0.15) is 36.5 Å². The van der Waals surface area contributed by atoms with Crippen molar-refractivity contribution in [3.8, 4) is 0 Å². The summed E-state index contributed by atoms with van der Waals surface area (Å²) in [6, 6.07) is 3.47. The van der Waals surface area contributed by atoms with Gasteiger partial charge in [-0.25, -0.2) is 4.79 Å². The second-order valence-corrected chi connectivity index (χ2v) is 4.47. The first-order chi connectivity index (χ1) is 8.65. The molecular weight excluding hydrogens is 230 g/mol. The molecule has 0 fully saturated rings. The molecule has 1 unspecified atom stereocenters. The van der Waals surface area contributed by atoms with Crippen molar-refractivity contribution in [1.29, 1.82) is 0 Å². The molecule has 2 aromatic rings. The SMILES string of the molecule is CCC(C)Cc1nnc2ccc(C(=O)OC)cn12. The van der Waals surface area contributed by atoms with Gasteiger partial charge in [0, 0.05) is 12.6 Å². The Morgan fingerprint density at radius 1 is 1.44 bits per heavy atom. The number of aromatic nitrogens is 3. The highest BCUT2D eigenvalue weighted by Gasteiger charge is 2.12. The predicted octanol–water partition coefficient (Wildman–Crippen LogP) is 2.10. The minimum Gasteiger partial charge on any atom is -0.465 e. The number of ether oxygens (including phenoxy) is 1. The van der Waals surface area contributed by atoms with E-state index in [1.165, 1.54) is 7.11 Å². The largest absolute Gasteiger partial charge is 0.465 e. The molecule has 0 aliphatic carbocycles. The third-order valence-electron chi connectivity index (χ3n) is 3.12. The molecule has 0 saturated carbocycles. The van der Waals surface area contributed by atoms with Crippen LogP contribution in [0.15, 0.2) is 18.3 Å². The molecular formula is C13H17N3O2. The van der Waals surface area contributed by atoms with Gasteiger partial charge in [-0.05, 0) is 18.1 Å². The van der Waals surface area contributed by atoms with E-state index in [0.29, 0.717) is 11.5 Å². The Morgan fingerprint density at radius 2 is 2.22 bits per heavy atom. The average Bonchev–Trinajstić information content (AvgIpc) is 2.80. The Kier molecular flexibility index (Phi) is 3.60. The molecule has 0 spiro atoms. The van der Waals surface area contributed by atoms with Gasteiger partial charge in [-0.2, -0.15) is 0 Å². The zero-order valence-electron chi connectivity index (χ0n) is 10.9. The molecule has 0 saturated heterocycles. The highest BCUT2D eigenvalue weighted by Crippen LogP contribution is 2.13. The van der Waals surface area contributed by atoms with Crippen LogP contribution in [-0.2, 0) is 11.2 Å². The van der Waals surface area contributed by atoms with E-state index in [1.807, 2.05) is 4.40 Å². The number of carbonyl (C=O) groups excluding carboxylic acids is 1. The molecule has 5 heteroatoms. The topological polar surface area (TPSA) is 56.5 Å². The van der Waals surface area contributed by atoms with Crippen molar-refractivity contribution in [1.82, 2.24) is 14.6 Å². The molecule has 0 aromatic carbocycles. The normalized spacial score (nSPS) is 12.6. The molecule has 18 heavy (non-hydrogen) atoms. The fraction of sp³-hybridized carbons (Fsp3) is 0.462. The maximum Gasteiger partial charge on any atom is 0.339 e. The molecule has 0 amide bonds. The summed E-state index contributed by atoms with van der Waals surface area (Å²) < 4.78 is 6.57. The van der Waals surface area contributed by atoms with E-state index in [1.54, 1.807) is 18.3 Å². The highest BCUT2D eigenvalue weighted by molar-refractivity contribution is 5.89. The van der Waals surface area contributed by atoms with Crippen molar-refractivity contribution in [2.24, 2.45) is 5.92 Å². The second kappa shape index (κ2) is 5.16. The minimum atomic E-state index is -0.347. The van der Waals surface area contributed by atoms with Gasteiger partial charge in [0.1, 0.15) is 5.82 Å². The lowest BCUT2D eigenvalue weighted by Crippen LogP contribution is -2.06. The number of fused-ring (bicyclic) bond motifs is 1. The number of hydrogen-bond donors (Lipinski definition) is 0. The van der Waals surface area contributed by atoms with E-state index >= 15 is 0 Å². The number of hydrogen-bond acceptors (Lipinski definition) is 4. The fourth-order valence-corrected chi connectivity index (χ4v) is 1.77. The number of nitrogens with zero attached hydrogens (tertiary/aromatic N) is 3. The van der Waals surface area contributed by atoms with Crippen molar-refractivity contribution in [3.63, 3.8) is 0 Å². The lowest BCUT2D eigenvalue weighted by molar-refractivity contribution is 0.0600. The molecule has 96 valence electrons. The Morgan fingerprint density at radius 3 is 2.89 bits per heavy atom. The minimum absolute atomic E-state index is 0.347. The van der Waals surface area contributed by atoms with Crippen molar-refractivity contribution >= 4 is 11.6 Å². The summed E-state index contributed by atoms with van der Waals surface area (Å²) in [7, 11) is 1.37. The van der Waals surface area contributed by atoms with Crippen LogP contribution in [0.2, 0.25) is 0 Å². The molecule has 0 aliphatic heterocycles. The van der Waals surface area contributed by atoms with Gasteiger partial charge in [0.15, 0.2) is 5.65 Å². The first-order valence-corrected chi connectivity index (χ1v) is 6.07. The molecule has 0 radical (unpaired) electrons. The van der Waals surface area contributed by atoms with Crippen molar-refractivity contribution in [2.75, 3.05) is 7.11 Å². The number of methoxy groups -OCH3 is 1. The molecule has 5 nitrogen and oxygen atoms in total. The molecule has 1 atom stereocenters. The molecule has 2 aromatic heterocycles. The van der Waals surface area contributed by atoms with E-state index in [2.05, 4.69) is 24.0 Å². The zero-order valence-corrected chi connectivity index (χ0v) is 10.9. The van der Waals surface area contributed by atoms with Gasteiger partial charge in [-0.3, -0.25) is 4.40 Å². The number of pyridine rings is 1. The average molecular weight is 247 g/mol. The third-order valence-corrected chi connectivity index (χ3v) is 3.12. The number of rotatable bonds is 4. The molecule has 0 N–H and O–H groups in total. The van der Waals surface area contributed by atoms with E-state index < -0.39 is 0 Å². The van der Waals surface area contributed by atoms with Gasteiger partial charge < -0.3 is 4.74 Å². The van der Waals surface area contributed by atoms with Crippen LogP contribution < -0.4 is 0 Å². The van der Waals surface area contributed by atoms with Crippen LogP contribution >= 0.6 is 0 Å². The van der Waals surface area contributed by atoms with Gasteiger partial charge in [0.2, 0.25) is 0 Å². The monoisotopic (exact) mass is 247 g/mol. The maximum atomic E-state index is 11.5. The van der Waals surface area contributed by atoms with Crippen molar-refractivity contribution in [2.45, 2.75) is 26.7 Å². The van der Waals surface area contributed by atoms with E-state index in [0.717, 1.165) is 24.3 Å². The summed E-state index contributed by atoms with van der Waals surface area (Å²) in [5.74, 6) is 1.07. The van der Waals surface area contributed by atoms with Crippen LogP contribution in [-0.4, -0.2) is 27.7 Å². The van der Waals surface area contributed by atoms with Gasteiger partial charge in [-0.15, -0.1) is 10.2 Å². The second-order valence-electron chi connectivity index (χ2n) is 4.47. The summed E-state index contributed by atoms with van der Waals surface area (Å²) in [5, 5.41) is 8.26. The zero-order chi connectivity index (χ0) is 13.1. The first kappa shape index (κ1) is 12.5. The van der Waals surface area contributed by atoms with Crippen LogP contribution in [0.25, 0.3) is 5.65 Å². The number of carbonyl (C=O) groups is 1. The standard InChI is InChI=1S/C13H17N3O2/c1-4-9(2)7-12-15-14-11-6-5-10(8-16(11)12)13(17)18-3/h5-6,8-9H,4,7H2,1-3H3. The van der Waals surface area contributed by atoms with Crippen LogP contribution in [0.5, 0.6) is 0 Å². The Bertz CT molecular complexity index is 562. The van der Waals surface area contributed by atoms with Crippen molar-refractivity contribution in [3.05, 3.63) is 29.7 Å². The molecule has 0 bridgehead atoms. The van der Waals surface area contributed by atoms with E-state index in [9.17, 15) is 4.79 Å². The fourth-order valence-electron chi connectivity index (χ4n) is 1.77. The summed E-state index contributed by atoms with van der Waals surface area (Å²) in [6.07, 6.45) is 3.67. The Balaban J connectivity index is 2.40. The summed E-state index contributed by atoms with van der Waals surface area (Å²) in [6.45, 7) is 4.32. The van der Waals surface area contributed by atoms with Gasteiger partial charge >= 0.3 is 5.97 Å². The summed E-state index contributed by atoms with van der Waals surface area (Å²) in [4.78, 5) is 11.5. The highest BCUT2D eigenvalue weighted by atomic mass is 16.5. The van der Waals surface area contributed by atoms with Crippen LogP contribution in [0, 0.1) is 5.92 Å². The Hall–Kier alpha value is -1.91. The molecule has 2 heterocycles. The summed E-state index contributed by atoms with van der Waals surface area (Å²) in [5.41, 5.74) is 1.26. The van der Waals surface area contributed by atoms with E-state index in [-0.39, 0.29) is 5.97 Å². The lowest BCUT2D eigenvalue weighted by Gasteiger charge is -2.07. The van der Waals surface area contributed by atoms with Crippen molar-refractivity contribution < 1.29 is 9.53 Å². The summed E-state index contributed by atoms with van der Waals surface area (Å²) >= 11 is 0. The maximum absolute atomic E-state index is 11.5. The lowest BCUT2D eigenvalue weighted by atomic mass is 10.1. The first-order valence-electron chi connectivity index (χ1n) is 6.07. The third kappa shape index (κ3) is 2.34. The Labute approximate surface area is 106 Å². The van der Waals surface area contributed by atoms with Crippen LogP contribution in [0.4, 0.5) is 0 Å². The predicted molar refractivity (Wildman–Crippen MR) is 67.5 cm³/mol. The van der Waals surface area contributed by atoms with Gasteiger partial charge in [0.25, 0.3) is 0 Å². The number of esters is 1. The van der Waals surface area contributed by atoms with E-state index in [4.69, 9.17) is 4.74 Å². The quantitative estimate of drug-likeness (QED) is 0.776. The molecule has 2 rings (SSSR count). The van der Waals surface area contributed by atoms with Gasteiger partial charge in [0.05, 0.1) is 12.7 Å².